The van der Waals surface area contributed by atoms with Crippen LogP contribution in [0.3, 0.4) is 0 Å². The fourth-order valence-corrected chi connectivity index (χ4v) is 2.37. The van der Waals surface area contributed by atoms with Crippen LogP contribution in [0.4, 0.5) is 0 Å². The molecule has 20 heavy (non-hydrogen) atoms. The lowest BCUT2D eigenvalue weighted by Gasteiger charge is -2.24. The van der Waals surface area contributed by atoms with E-state index in [4.69, 9.17) is 0 Å². The molecule has 0 saturated carbocycles. The van der Waals surface area contributed by atoms with Crippen LogP contribution in [0.1, 0.15) is 36.6 Å². The number of nitrogens with one attached hydrogen (secondary N) is 1. The summed E-state index contributed by atoms with van der Waals surface area (Å²) in [4.78, 5) is 0. The number of phenolic OH excluding ortho intramolecular Hbond substituents is 1. The van der Waals surface area contributed by atoms with E-state index in [1.807, 2.05) is 42.5 Å². The van der Waals surface area contributed by atoms with Crippen molar-refractivity contribution in [1.29, 1.82) is 0 Å². The summed E-state index contributed by atoms with van der Waals surface area (Å²) in [7, 11) is 0. The molecule has 0 heterocycles. The lowest BCUT2D eigenvalue weighted by atomic mass is 10.00. The Labute approximate surface area is 120 Å². The molecule has 0 radical (unpaired) electrons. The maximum atomic E-state index is 10.0. The SMILES string of the molecule is C=CC[C@H](N[C@H](C)c1ccccc1)c1ccccc1O. The molecule has 2 nitrogen and oxygen atoms in total. The molecule has 2 aromatic carbocycles. The Morgan fingerprint density at radius 3 is 2.40 bits per heavy atom. The molecule has 0 aliphatic heterocycles. The Bertz CT molecular complexity index is 550. The van der Waals surface area contributed by atoms with Crippen LogP contribution in [0.2, 0.25) is 0 Å². The van der Waals surface area contributed by atoms with Gasteiger partial charge < -0.3 is 10.4 Å². The van der Waals surface area contributed by atoms with Gasteiger partial charge in [0.1, 0.15) is 5.75 Å². The van der Waals surface area contributed by atoms with Gasteiger partial charge >= 0.3 is 0 Å². The Morgan fingerprint density at radius 2 is 1.75 bits per heavy atom. The van der Waals surface area contributed by atoms with Crippen molar-refractivity contribution in [2.45, 2.75) is 25.4 Å². The molecule has 0 amide bonds. The minimum Gasteiger partial charge on any atom is -0.508 e. The van der Waals surface area contributed by atoms with Gasteiger partial charge in [-0.2, -0.15) is 0 Å². The number of rotatable bonds is 6. The van der Waals surface area contributed by atoms with E-state index in [0.29, 0.717) is 5.75 Å². The van der Waals surface area contributed by atoms with Crippen molar-refractivity contribution >= 4 is 0 Å². The van der Waals surface area contributed by atoms with Gasteiger partial charge in [-0.15, -0.1) is 6.58 Å². The molecule has 0 aliphatic rings. The molecule has 0 spiro atoms. The van der Waals surface area contributed by atoms with Gasteiger partial charge in [0.2, 0.25) is 0 Å². The summed E-state index contributed by atoms with van der Waals surface area (Å²) in [5.41, 5.74) is 2.15. The van der Waals surface area contributed by atoms with E-state index < -0.39 is 0 Å². The second-order valence-corrected chi connectivity index (χ2v) is 4.93. The third-order valence-electron chi connectivity index (χ3n) is 3.47. The van der Waals surface area contributed by atoms with Crippen LogP contribution in [-0.2, 0) is 0 Å². The molecule has 0 saturated heterocycles. The van der Waals surface area contributed by atoms with E-state index in [0.717, 1.165) is 12.0 Å². The number of phenols is 1. The van der Waals surface area contributed by atoms with E-state index in [-0.39, 0.29) is 12.1 Å². The lowest BCUT2D eigenvalue weighted by Crippen LogP contribution is -2.24. The van der Waals surface area contributed by atoms with E-state index >= 15 is 0 Å². The van der Waals surface area contributed by atoms with E-state index in [1.165, 1.54) is 5.56 Å². The summed E-state index contributed by atoms with van der Waals surface area (Å²) in [6.07, 6.45) is 2.65. The molecule has 104 valence electrons. The van der Waals surface area contributed by atoms with Gasteiger partial charge in [0, 0.05) is 17.6 Å². The zero-order valence-corrected chi connectivity index (χ0v) is 11.8. The normalized spacial score (nSPS) is 13.7. The fraction of sp³-hybridized carbons (Fsp3) is 0.222. The van der Waals surface area contributed by atoms with Gasteiger partial charge in [0.25, 0.3) is 0 Å². The summed E-state index contributed by atoms with van der Waals surface area (Å²) in [5, 5.41) is 13.6. The van der Waals surface area contributed by atoms with Crippen molar-refractivity contribution in [3.05, 3.63) is 78.4 Å². The second kappa shape index (κ2) is 6.92. The smallest absolute Gasteiger partial charge is 0.120 e. The van der Waals surface area contributed by atoms with Crippen LogP contribution >= 0.6 is 0 Å². The maximum Gasteiger partial charge on any atom is 0.120 e. The summed E-state index contributed by atoms with van der Waals surface area (Å²) in [5.74, 6) is 0.326. The number of para-hydroxylation sites is 1. The second-order valence-electron chi connectivity index (χ2n) is 4.93. The molecule has 0 aliphatic carbocycles. The number of benzene rings is 2. The Morgan fingerprint density at radius 1 is 1.10 bits per heavy atom. The third-order valence-corrected chi connectivity index (χ3v) is 3.47. The minimum absolute atomic E-state index is 0.0592. The Balaban J connectivity index is 2.18. The van der Waals surface area contributed by atoms with Crippen molar-refractivity contribution in [1.82, 2.24) is 5.32 Å². The van der Waals surface area contributed by atoms with Crippen LogP contribution in [0.5, 0.6) is 5.75 Å². The minimum atomic E-state index is 0.0592. The predicted molar refractivity (Wildman–Crippen MR) is 83.7 cm³/mol. The molecular formula is C18H21NO. The molecule has 2 atom stereocenters. The fourth-order valence-electron chi connectivity index (χ4n) is 2.37. The summed E-state index contributed by atoms with van der Waals surface area (Å²) in [6.45, 7) is 5.94. The molecule has 2 N–H and O–H groups in total. The summed E-state index contributed by atoms with van der Waals surface area (Å²) < 4.78 is 0. The van der Waals surface area contributed by atoms with Crippen LogP contribution < -0.4 is 5.32 Å². The first-order chi connectivity index (χ1) is 9.72. The standard InChI is InChI=1S/C18H21NO/c1-3-9-17(16-12-7-8-13-18(16)20)19-14(2)15-10-5-4-6-11-15/h3-8,10-14,17,19-20H,1,9H2,2H3/t14-,17+/m1/s1. The zero-order valence-electron chi connectivity index (χ0n) is 11.8. The van der Waals surface area contributed by atoms with Crippen LogP contribution in [0.25, 0.3) is 0 Å². The molecule has 0 fully saturated rings. The number of aromatic hydroxyl groups is 1. The van der Waals surface area contributed by atoms with Gasteiger partial charge in [-0.3, -0.25) is 0 Å². The highest BCUT2D eigenvalue weighted by molar-refractivity contribution is 5.35. The van der Waals surface area contributed by atoms with E-state index in [1.54, 1.807) is 6.07 Å². The average molecular weight is 267 g/mol. The molecule has 0 aromatic heterocycles. The van der Waals surface area contributed by atoms with Gasteiger partial charge in [0.15, 0.2) is 0 Å². The first kappa shape index (κ1) is 14.4. The molecule has 2 heteroatoms. The van der Waals surface area contributed by atoms with Crippen molar-refractivity contribution in [3.8, 4) is 5.75 Å². The first-order valence-electron chi connectivity index (χ1n) is 6.92. The molecule has 0 bridgehead atoms. The average Bonchev–Trinajstić information content (AvgIpc) is 2.48. The van der Waals surface area contributed by atoms with Gasteiger partial charge in [-0.25, -0.2) is 0 Å². The third kappa shape index (κ3) is 3.49. The Hall–Kier alpha value is -2.06. The first-order valence-corrected chi connectivity index (χ1v) is 6.92. The Kier molecular flexibility index (Phi) is 4.97. The highest BCUT2D eigenvalue weighted by Gasteiger charge is 2.16. The predicted octanol–water partition coefficient (Wildman–Crippen LogP) is 4.36. The number of hydrogen-bond acceptors (Lipinski definition) is 2. The van der Waals surface area contributed by atoms with E-state index in [2.05, 4.69) is 31.0 Å². The monoisotopic (exact) mass is 267 g/mol. The topological polar surface area (TPSA) is 32.3 Å². The zero-order chi connectivity index (χ0) is 14.4. The van der Waals surface area contributed by atoms with Crippen molar-refractivity contribution < 1.29 is 5.11 Å². The van der Waals surface area contributed by atoms with Crippen LogP contribution in [-0.4, -0.2) is 5.11 Å². The van der Waals surface area contributed by atoms with Gasteiger partial charge in [-0.05, 0) is 25.0 Å². The highest BCUT2D eigenvalue weighted by Crippen LogP contribution is 2.28. The van der Waals surface area contributed by atoms with Crippen LogP contribution in [0, 0.1) is 0 Å². The van der Waals surface area contributed by atoms with Gasteiger partial charge in [-0.1, -0.05) is 54.6 Å². The largest absolute Gasteiger partial charge is 0.508 e. The van der Waals surface area contributed by atoms with Gasteiger partial charge in [0.05, 0.1) is 0 Å². The van der Waals surface area contributed by atoms with E-state index in [9.17, 15) is 5.11 Å². The molecule has 2 rings (SSSR count). The highest BCUT2D eigenvalue weighted by atomic mass is 16.3. The number of hydrogen-bond donors (Lipinski definition) is 2. The molecule has 0 unspecified atom stereocenters. The molecular weight excluding hydrogens is 246 g/mol. The summed E-state index contributed by atoms with van der Waals surface area (Å²) in [6, 6.07) is 18.0. The van der Waals surface area contributed by atoms with Crippen molar-refractivity contribution in [3.63, 3.8) is 0 Å². The molecule has 2 aromatic rings. The van der Waals surface area contributed by atoms with Crippen LogP contribution in [0.15, 0.2) is 67.3 Å². The summed E-state index contributed by atoms with van der Waals surface area (Å²) >= 11 is 0. The van der Waals surface area contributed by atoms with Crippen molar-refractivity contribution in [2.75, 3.05) is 0 Å². The lowest BCUT2D eigenvalue weighted by molar-refractivity contribution is 0.427. The quantitative estimate of drug-likeness (QED) is 0.762. The van der Waals surface area contributed by atoms with Crippen molar-refractivity contribution in [2.24, 2.45) is 0 Å². The maximum absolute atomic E-state index is 10.0.